The standard InChI is InChI=1S/C17H16ClNO3/c18-13-3-1-2-11(8-13)12-4-6-16-15(9-12)19-10-14(22-16)5-7-17(20)21/h1-4,6,8-9,14,19H,5,7,10H2,(H,20,21). The summed E-state index contributed by atoms with van der Waals surface area (Å²) in [6.07, 6.45) is 0.501. The van der Waals surface area contributed by atoms with Gasteiger partial charge in [-0.1, -0.05) is 29.8 Å². The molecule has 1 atom stereocenters. The third-order valence-electron chi connectivity index (χ3n) is 3.63. The summed E-state index contributed by atoms with van der Waals surface area (Å²) in [5, 5.41) is 12.7. The van der Waals surface area contributed by atoms with Crippen molar-refractivity contribution in [2.45, 2.75) is 18.9 Å². The number of carbonyl (C=O) groups is 1. The van der Waals surface area contributed by atoms with E-state index in [1.807, 2.05) is 42.5 Å². The molecule has 5 heteroatoms. The smallest absolute Gasteiger partial charge is 0.303 e. The summed E-state index contributed by atoms with van der Waals surface area (Å²) in [5.41, 5.74) is 3.02. The van der Waals surface area contributed by atoms with E-state index in [-0.39, 0.29) is 12.5 Å². The van der Waals surface area contributed by atoms with Crippen LogP contribution in [-0.2, 0) is 4.79 Å². The number of aliphatic carboxylic acids is 1. The van der Waals surface area contributed by atoms with Crippen LogP contribution in [0.15, 0.2) is 42.5 Å². The Bertz CT molecular complexity index is 702. The van der Waals surface area contributed by atoms with Gasteiger partial charge in [0.2, 0.25) is 0 Å². The van der Waals surface area contributed by atoms with E-state index in [4.69, 9.17) is 21.4 Å². The second-order valence-electron chi connectivity index (χ2n) is 5.27. The lowest BCUT2D eigenvalue weighted by Gasteiger charge is -2.27. The van der Waals surface area contributed by atoms with E-state index in [1.54, 1.807) is 0 Å². The van der Waals surface area contributed by atoms with Crippen LogP contribution in [0, 0.1) is 0 Å². The maximum absolute atomic E-state index is 10.6. The molecule has 0 amide bonds. The van der Waals surface area contributed by atoms with Gasteiger partial charge in [-0.05, 0) is 41.8 Å². The highest BCUT2D eigenvalue weighted by molar-refractivity contribution is 6.30. The molecule has 0 aromatic heterocycles. The molecule has 0 bridgehead atoms. The lowest BCUT2D eigenvalue weighted by atomic mass is 10.0. The number of carboxylic acid groups (broad SMARTS) is 1. The normalized spacial score (nSPS) is 16.3. The zero-order valence-corrected chi connectivity index (χ0v) is 12.6. The molecule has 0 aliphatic carbocycles. The van der Waals surface area contributed by atoms with Crippen LogP contribution < -0.4 is 10.1 Å². The Balaban J connectivity index is 1.77. The van der Waals surface area contributed by atoms with Crippen molar-refractivity contribution < 1.29 is 14.6 Å². The summed E-state index contributed by atoms with van der Waals surface area (Å²) < 4.78 is 5.85. The van der Waals surface area contributed by atoms with Crippen molar-refractivity contribution in [3.05, 3.63) is 47.5 Å². The molecule has 1 aliphatic rings. The first-order chi connectivity index (χ1) is 10.6. The summed E-state index contributed by atoms with van der Waals surface area (Å²) in [7, 11) is 0. The van der Waals surface area contributed by atoms with E-state index in [1.165, 1.54) is 0 Å². The maximum atomic E-state index is 10.6. The SMILES string of the molecule is O=C(O)CCC1CNc2cc(-c3cccc(Cl)c3)ccc2O1. The fraction of sp³-hybridized carbons (Fsp3) is 0.235. The van der Waals surface area contributed by atoms with Gasteiger partial charge in [0.05, 0.1) is 12.2 Å². The highest BCUT2D eigenvalue weighted by Crippen LogP contribution is 2.34. The average molecular weight is 318 g/mol. The zero-order chi connectivity index (χ0) is 15.5. The average Bonchev–Trinajstić information content (AvgIpc) is 2.52. The number of benzene rings is 2. The van der Waals surface area contributed by atoms with Crippen LogP contribution in [0.5, 0.6) is 5.75 Å². The third kappa shape index (κ3) is 3.34. The predicted molar refractivity (Wildman–Crippen MR) is 86.7 cm³/mol. The number of hydrogen-bond donors (Lipinski definition) is 2. The van der Waals surface area contributed by atoms with Gasteiger partial charge in [-0.2, -0.15) is 0 Å². The Morgan fingerprint density at radius 1 is 1.27 bits per heavy atom. The summed E-state index contributed by atoms with van der Waals surface area (Å²) in [4.78, 5) is 10.6. The second-order valence-corrected chi connectivity index (χ2v) is 5.71. The van der Waals surface area contributed by atoms with E-state index in [0.29, 0.717) is 18.0 Å². The molecular weight excluding hydrogens is 302 g/mol. The van der Waals surface area contributed by atoms with Gasteiger partial charge in [0.15, 0.2) is 0 Å². The van der Waals surface area contributed by atoms with Crippen LogP contribution in [0.2, 0.25) is 5.02 Å². The lowest BCUT2D eigenvalue weighted by molar-refractivity contribution is -0.137. The summed E-state index contributed by atoms with van der Waals surface area (Å²) >= 11 is 6.03. The second kappa shape index (κ2) is 6.28. The number of ether oxygens (including phenoxy) is 1. The predicted octanol–water partition coefficient (Wildman–Crippen LogP) is 4.04. The molecule has 0 saturated carbocycles. The number of halogens is 1. The molecule has 1 heterocycles. The molecule has 4 nitrogen and oxygen atoms in total. The summed E-state index contributed by atoms with van der Waals surface area (Å²) in [5.74, 6) is -0.0434. The quantitative estimate of drug-likeness (QED) is 0.893. The van der Waals surface area contributed by atoms with Crippen molar-refractivity contribution in [1.29, 1.82) is 0 Å². The third-order valence-corrected chi connectivity index (χ3v) is 3.87. The Labute approximate surface area is 133 Å². The lowest BCUT2D eigenvalue weighted by Crippen LogP contribution is -2.31. The maximum Gasteiger partial charge on any atom is 0.303 e. The summed E-state index contributed by atoms with van der Waals surface area (Å²) in [6.45, 7) is 0.610. The first kappa shape index (κ1) is 14.7. The van der Waals surface area contributed by atoms with E-state index in [9.17, 15) is 4.79 Å². The molecule has 2 aromatic rings. The van der Waals surface area contributed by atoms with E-state index < -0.39 is 5.97 Å². The number of rotatable bonds is 4. The van der Waals surface area contributed by atoms with Gasteiger partial charge in [0.1, 0.15) is 11.9 Å². The van der Waals surface area contributed by atoms with Crippen LogP contribution in [0.3, 0.4) is 0 Å². The van der Waals surface area contributed by atoms with Crippen molar-refractivity contribution in [3.63, 3.8) is 0 Å². The van der Waals surface area contributed by atoms with E-state index in [0.717, 1.165) is 22.6 Å². The van der Waals surface area contributed by atoms with Crippen LogP contribution in [-0.4, -0.2) is 23.7 Å². The Morgan fingerprint density at radius 2 is 2.09 bits per heavy atom. The van der Waals surface area contributed by atoms with E-state index in [2.05, 4.69) is 5.32 Å². The van der Waals surface area contributed by atoms with Gasteiger partial charge in [0, 0.05) is 11.4 Å². The Kier molecular flexibility index (Phi) is 4.20. The van der Waals surface area contributed by atoms with Gasteiger partial charge >= 0.3 is 5.97 Å². The van der Waals surface area contributed by atoms with Crippen LogP contribution in [0.25, 0.3) is 11.1 Å². The van der Waals surface area contributed by atoms with Crippen molar-refractivity contribution in [2.75, 3.05) is 11.9 Å². The number of carboxylic acids is 1. The largest absolute Gasteiger partial charge is 0.486 e. The van der Waals surface area contributed by atoms with Crippen LogP contribution in [0.4, 0.5) is 5.69 Å². The number of hydrogen-bond acceptors (Lipinski definition) is 3. The van der Waals surface area contributed by atoms with Crippen LogP contribution in [0.1, 0.15) is 12.8 Å². The number of anilines is 1. The summed E-state index contributed by atoms with van der Waals surface area (Å²) in [6, 6.07) is 13.6. The highest BCUT2D eigenvalue weighted by atomic mass is 35.5. The number of nitrogens with one attached hydrogen (secondary N) is 1. The number of fused-ring (bicyclic) bond motifs is 1. The molecule has 114 valence electrons. The van der Waals surface area contributed by atoms with E-state index >= 15 is 0 Å². The molecule has 0 spiro atoms. The molecule has 3 rings (SSSR count). The van der Waals surface area contributed by atoms with Gasteiger partial charge < -0.3 is 15.2 Å². The van der Waals surface area contributed by atoms with Crippen LogP contribution >= 0.6 is 11.6 Å². The topological polar surface area (TPSA) is 58.6 Å². The minimum absolute atomic E-state index is 0.111. The molecule has 22 heavy (non-hydrogen) atoms. The Hall–Kier alpha value is -2.20. The fourth-order valence-electron chi connectivity index (χ4n) is 2.51. The monoisotopic (exact) mass is 317 g/mol. The molecule has 1 unspecified atom stereocenters. The molecular formula is C17H16ClNO3. The first-order valence-corrected chi connectivity index (χ1v) is 7.52. The first-order valence-electron chi connectivity index (χ1n) is 7.14. The minimum Gasteiger partial charge on any atom is -0.486 e. The fourth-order valence-corrected chi connectivity index (χ4v) is 2.70. The van der Waals surface area contributed by atoms with Crippen molar-refractivity contribution in [3.8, 4) is 16.9 Å². The molecule has 2 N–H and O–H groups in total. The molecule has 0 saturated heterocycles. The highest BCUT2D eigenvalue weighted by Gasteiger charge is 2.20. The molecule has 0 fully saturated rings. The molecule has 1 aliphatic heterocycles. The van der Waals surface area contributed by atoms with Crippen molar-refractivity contribution >= 4 is 23.3 Å². The molecule has 2 aromatic carbocycles. The van der Waals surface area contributed by atoms with Gasteiger partial charge in [0.25, 0.3) is 0 Å². The molecule has 0 radical (unpaired) electrons. The van der Waals surface area contributed by atoms with Gasteiger partial charge in [-0.15, -0.1) is 0 Å². The Morgan fingerprint density at radius 3 is 2.86 bits per heavy atom. The minimum atomic E-state index is -0.800. The van der Waals surface area contributed by atoms with Gasteiger partial charge in [-0.3, -0.25) is 4.79 Å². The van der Waals surface area contributed by atoms with Gasteiger partial charge in [-0.25, -0.2) is 0 Å². The van der Waals surface area contributed by atoms with Crippen molar-refractivity contribution in [1.82, 2.24) is 0 Å². The zero-order valence-electron chi connectivity index (χ0n) is 11.9. The van der Waals surface area contributed by atoms with Crippen molar-refractivity contribution in [2.24, 2.45) is 0 Å².